The van der Waals surface area contributed by atoms with Crippen LogP contribution in [0.4, 0.5) is 0 Å². The molecular weight excluding hydrogens is 271 g/mol. The second-order valence-electron chi connectivity index (χ2n) is 2.63. The van der Waals surface area contributed by atoms with Crippen molar-refractivity contribution >= 4 is 8.25 Å². The quantitative estimate of drug-likeness (QED) is 0.614. The summed E-state index contributed by atoms with van der Waals surface area (Å²) < 4.78 is 22.5. The van der Waals surface area contributed by atoms with Crippen molar-refractivity contribution in [2.45, 2.75) is 0 Å². The van der Waals surface area contributed by atoms with Gasteiger partial charge in [-0.25, -0.2) is 0 Å². The van der Waals surface area contributed by atoms with Crippen molar-refractivity contribution in [3.63, 3.8) is 0 Å². The van der Waals surface area contributed by atoms with Crippen LogP contribution in [0.25, 0.3) is 0 Å². The molecule has 3 rings (SSSR count). The SMILES string of the molecule is O=[P+](O)O.c1ccoc1.c1ccoc1.c1ccoc1. The van der Waals surface area contributed by atoms with Crippen LogP contribution in [0.3, 0.4) is 0 Å². The van der Waals surface area contributed by atoms with Crippen LogP contribution in [0.15, 0.2) is 87.2 Å². The predicted molar refractivity (Wildman–Crippen MR) is 68.2 cm³/mol. The van der Waals surface area contributed by atoms with Gasteiger partial charge in [0, 0.05) is 4.57 Å². The van der Waals surface area contributed by atoms with E-state index in [1.165, 1.54) is 0 Å². The molecule has 2 N–H and O–H groups in total. The van der Waals surface area contributed by atoms with E-state index in [1.54, 1.807) is 37.6 Å². The zero-order valence-corrected chi connectivity index (χ0v) is 10.8. The van der Waals surface area contributed by atoms with Gasteiger partial charge >= 0.3 is 8.25 Å². The summed E-state index contributed by atoms with van der Waals surface area (Å²) in [6, 6.07) is 11.0. The first-order valence-electron chi connectivity index (χ1n) is 5.00. The first-order valence-corrected chi connectivity index (χ1v) is 6.16. The summed E-state index contributed by atoms with van der Waals surface area (Å²) in [5.74, 6) is 0. The van der Waals surface area contributed by atoms with Gasteiger partial charge in [0.05, 0.1) is 37.6 Å². The van der Waals surface area contributed by atoms with Crippen molar-refractivity contribution in [1.82, 2.24) is 0 Å². The molecule has 3 aromatic rings. The largest absolute Gasteiger partial charge is 0.692 e. The molecule has 0 atom stereocenters. The van der Waals surface area contributed by atoms with E-state index in [0.717, 1.165) is 0 Å². The van der Waals surface area contributed by atoms with Gasteiger partial charge in [-0.05, 0) is 36.4 Å². The monoisotopic (exact) mass is 285 g/mol. The Balaban J connectivity index is 0.000000229. The van der Waals surface area contributed by atoms with Crippen molar-refractivity contribution in [1.29, 1.82) is 0 Å². The number of rotatable bonds is 0. The van der Waals surface area contributed by atoms with Gasteiger partial charge in [-0.15, -0.1) is 9.79 Å². The van der Waals surface area contributed by atoms with E-state index in [4.69, 9.17) is 14.4 Å². The lowest BCUT2D eigenvalue weighted by molar-refractivity contribution is 0.405. The predicted octanol–water partition coefficient (Wildman–Crippen LogP) is 3.47. The van der Waals surface area contributed by atoms with Crippen LogP contribution >= 0.6 is 8.25 Å². The molecule has 0 aliphatic rings. The summed E-state index contributed by atoms with van der Waals surface area (Å²) in [6.07, 6.45) is 9.75. The maximum Gasteiger partial charge on any atom is 0.692 e. The van der Waals surface area contributed by atoms with Crippen LogP contribution in [0.2, 0.25) is 0 Å². The van der Waals surface area contributed by atoms with Gasteiger partial charge in [0.1, 0.15) is 0 Å². The standard InChI is InChI=1S/3C4H4O.HO3P/c3*1-2-4-5-3-1;1-4(2)3/h3*1-4H;(H-,1,2,3)/p+1. The van der Waals surface area contributed by atoms with Crippen molar-refractivity contribution in [2.24, 2.45) is 0 Å². The summed E-state index contributed by atoms with van der Waals surface area (Å²) in [6.45, 7) is 0. The van der Waals surface area contributed by atoms with Crippen LogP contribution in [0.1, 0.15) is 0 Å². The number of hydrogen-bond acceptors (Lipinski definition) is 4. The smallest absolute Gasteiger partial charge is 0.473 e. The zero-order chi connectivity index (χ0) is 14.2. The minimum absolute atomic E-state index is 1.62. The topological polar surface area (TPSA) is 97.0 Å². The highest BCUT2D eigenvalue weighted by Gasteiger charge is 1.93. The van der Waals surface area contributed by atoms with Crippen LogP contribution in [0.5, 0.6) is 0 Å². The van der Waals surface area contributed by atoms with Crippen molar-refractivity contribution in [3.05, 3.63) is 74.0 Å². The maximum atomic E-state index is 8.70. The van der Waals surface area contributed by atoms with Crippen molar-refractivity contribution < 1.29 is 27.6 Å². The molecule has 19 heavy (non-hydrogen) atoms. The molecular formula is C12H14O6P+. The maximum absolute atomic E-state index is 8.70. The fourth-order valence-corrected chi connectivity index (χ4v) is 0.680. The van der Waals surface area contributed by atoms with E-state index < -0.39 is 8.25 Å². The fourth-order valence-electron chi connectivity index (χ4n) is 0.680. The van der Waals surface area contributed by atoms with Gasteiger partial charge in [-0.1, -0.05) is 0 Å². The Kier molecular flexibility index (Phi) is 12.4. The second-order valence-corrected chi connectivity index (χ2v) is 3.14. The molecule has 0 amide bonds. The summed E-state index contributed by atoms with van der Waals surface area (Å²) in [5.41, 5.74) is 0. The first kappa shape index (κ1) is 16.9. The highest BCUT2D eigenvalue weighted by Crippen LogP contribution is 1.98. The van der Waals surface area contributed by atoms with Crippen molar-refractivity contribution in [2.75, 3.05) is 0 Å². The zero-order valence-electron chi connectivity index (χ0n) is 9.90. The summed E-state index contributed by atoms with van der Waals surface area (Å²) in [7, 11) is -2.87. The summed E-state index contributed by atoms with van der Waals surface area (Å²) in [4.78, 5) is 14.2. The molecule has 0 fully saturated rings. The van der Waals surface area contributed by atoms with Gasteiger partial charge in [-0.2, -0.15) is 0 Å². The summed E-state index contributed by atoms with van der Waals surface area (Å²) >= 11 is 0. The Morgan fingerprint density at radius 1 is 0.579 bits per heavy atom. The average molecular weight is 285 g/mol. The molecule has 3 aromatic heterocycles. The highest BCUT2D eigenvalue weighted by atomic mass is 31.1. The Bertz CT molecular complexity index is 328. The van der Waals surface area contributed by atoms with E-state index in [1.807, 2.05) is 36.4 Å². The van der Waals surface area contributed by atoms with E-state index in [-0.39, 0.29) is 0 Å². The Hall–Kier alpha value is -2.14. The van der Waals surface area contributed by atoms with Crippen LogP contribution in [-0.4, -0.2) is 9.79 Å². The first-order chi connectivity index (χ1) is 9.23. The van der Waals surface area contributed by atoms with Crippen LogP contribution in [0, 0.1) is 0 Å². The second kappa shape index (κ2) is 13.9. The molecule has 0 saturated heterocycles. The molecule has 0 aliphatic carbocycles. The molecule has 0 radical (unpaired) electrons. The van der Waals surface area contributed by atoms with Crippen LogP contribution in [-0.2, 0) is 4.57 Å². The molecule has 0 saturated carbocycles. The van der Waals surface area contributed by atoms with Crippen LogP contribution < -0.4 is 0 Å². The number of furan rings is 3. The molecule has 3 heterocycles. The lowest BCUT2D eigenvalue weighted by atomic mass is 10.7. The molecule has 6 nitrogen and oxygen atoms in total. The van der Waals surface area contributed by atoms with Gasteiger partial charge in [0.15, 0.2) is 0 Å². The van der Waals surface area contributed by atoms with Gasteiger partial charge < -0.3 is 13.3 Å². The van der Waals surface area contributed by atoms with E-state index in [2.05, 4.69) is 13.3 Å². The molecule has 102 valence electrons. The van der Waals surface area contributed by atoms with E-state index >= 15 is 0 Å². The Labute approximate surface area is 110 Å². The minimum atomic E-state index is -2.87. The minimum Gasteiger partial charge on any atom is -0.473 e. The molecule has 0 unspecified atom stereocenters. The normalized spacial score (nSPS) is 7.68. The van der Waals surface area contributed by atoms with Gasteiger partial charge in [-0.3, -0.25) is 0 Å². The lowest BCUT2D eigenvalue weighted by Crippen LogP contribution is -1.38. The molecule has 7 heteroatoms. The molecule has 0 bridgehead atoms. The molecule has 0 spiro atoms. The molecule has 0 aliphatic heterocycles. The van der Waals surface area contributed by atoms with Gasteiger partial charge in [0.2, 0.25) is 0 Å². The Morgan fingerprint density at radius 2 is 0.737 bits per heavy atom. The van der Waals surface area contributed by atoms with E-state index in [9.17, 15) is 0 Å². The van der Waals surface area contributed by atoms with E-state index in [0.29, 0.717) is 0 Å². The fraction of sp³-hybridized carbons (Fsp3) is 0. The molecule has 0 aromatic carbocycles. The third kappa shape index (κ3) is 18.4. The Morgan fingerprint density at radius 3 is 0.789 bits per heavy atom. The highest BCUT2D eigenvalue weighted by molar-refractivity contribution is 7.30. The van der Waals surface area contributed by atoms with Gasteiger partial charge in [0.25, 0.3) is 0 Å². The third-order valence-corrected chi connectivity index (χ3v) is 1.28. The lowest BCUT2D eigenvalue weighted by Gasteiger charge is -1.50. The van der Waals surface area contributed by atoms with Crippen molar-refractivity contribution in [3.8, 4) is 0 Å². The third-order valence-electron chi connectivity index (χ3n) is 1.28. The summed E-state index contributed by atoms with van der Waals surface area (Å²) in [5, 5.41) is 0. The average Bonchev–Trinajstić information content (AvgIpc) is 3.18. The number of hydrogen-bond donors (Lipinski definition) is 2.